The van der Waals surface area contributed by atoms with Crippen molar-refractivity contribution in [1.29, 1.82) is 0 Å². The Bertz CT molecular complexity index is 750. The van der Waals surface area contributed by atoms with Gasteiger partial charge < -0.3 is 14.4 Å². The summed E-state index contributed by atoms with van der Waals surface area (Å²) in [4.78, 5) is 13.5. The van der Waals surface area contributed by atoms with Crippen molar-refractivity contribution in [2.75, 3.05) is 31.7 Å². The second-order valence-electron chi connectivity index (χ2n) is 6.30. The van der Waals surface area contributed by atoms with Crippen molar-refractivity contribution >= 4 is 23.8 Å². The summed E-state index contributed by atoms with van der Waals surface area (Å²) in [7, 11) is 1.41. The zero-order valence-electron chi connectivity index (χ0n) is 15.3. The smallest absolute Gasteiger partial charge is 0.325 e. The molecule has 0 aliphatic carbocycles. The van der Waals surface area contributed by atoms with Crippen LogP contribution < -0.4 is 9.47 Å². The summed E-state index contributed by atoms with van der Waals surface area (Å²) in [6.45, 7) is 4.83. The Morgan fingerprint density at radius 1 is 1.19 bits per heavy atom. The monoisotopic (exact) mass is 353 g/mol. The summed E-state index contributed by atoms with van der Waals surface area (Å²) >= 11 is 0. The van der Waals surface area contributed by atoms with E-state index in [-0.39, 0.29) is 12.5 Å². The first-order valence-electron chi connectivity index (χ1n) is 8.88. The minimum Gasteiger partial charge on any atom is -0.468 e. The van der Waals surface area contributed by atoms with E-state index in [1.54, 1.807) is 0 Å². The maximum absolute atomic E-state index is 11.5. The predicted octanol–water partition coefficient (Wildman–Crippen LogP) is 2.54. The lowest BCUT2D eigenvalue weighted by Crippen LogP contribution is -2.35. The molecule has 0 saturated carbocycles. The lowest BCUT2D eigenvalue weighted by atomic mass is 10.1. The van der Waals surface area contributed by atoms with Gasteiger partial charge in [0.2, 0.25) is 0 Å². The number of aromatic nitrogens is 1. The van der Waals surface area contributed by atoms with Gasteiger partial charge in [-0.25, -0.2) is 4.57 Å². The highest BCUT2D eigenvalue weighted by atomic mass is 16.6. The number of pyridine rings is 1. The number of benzene rings is 1. The highest BCUT2D eigenvalue weighted by Gasteiger charge is 2.26. The van der Waals surface area contributed by atoms with Crippen LogP contribution >= 0.6 is 0 Å². The van der Waals surface area contributed by atoms with Crippen LogP contribution in [-0.2, 0) is 20.8 Å². The molecule has 1 fully saturated rings. The van der Waals surface area contributed by atoms with Crippen LogP contribution in [0.2, 0.25) is 0 Å². The van der Waals surface area contributed by atoms with Crippen LogP contribution in [-0.4, -0.2) is 38.9 Å². The first kappa shape index (κ1) is 18.1. The van der Waals surface area contributed by atoms with Gasteiger partial charge in [-0.1, -0.05) is 24.3 Å². The van der Waals surface area contributed by atoms with Crippen LogP contribution in [0.4, 0.5) is 5.69 Å². The molecule has 1 aromatic carbocycles. The lowest BCUT2D eigenvalue weighted by molar-refractivity contribution is -0.698. The summed E-state index contributed by atoms with van der Waals surface area (Å²) in [5.74, 6) is -0.231. The molecule has 0 radical (unpaired) electrons. The van der Waals surface area contributed by atoms with Gasteiger partial charge in [0.15, 0.2) is 18.9 Å². The van der Waals surface area contributed by atoms with Crippen LogP contribution in [0, 0.1) is 0 Å². The summed E-state index contributed by atoms with van der Waals surface area (Å²) in [5, 5.41) is 0. The van der Waals surface area contributed by atoms with Gasteiger partial charge in [-0.15, -0.1) is 0 Å². The Labute approximate surface area is 154 Å². The van der Waals surface area contributed by atoms with E-state index in [4.69, 9.17) is 9.47 Å². The highest BCUT2D eigenvalue weighted by molar-refractivity contribution is 5.76. The zero-order valence-corrected chi connectivity index (χ0v) is 15.3. The number of rotatable bonds is 8. The number of carbonyl (C=O) groups is 1. The third kappa shape index (κ3) is 5.17. The number of carbonyl (C=O) groups excluding carboxylic acids is 1. The van der Waals surface area contributed by atoms with Gasteiger partial charge in [-0.05, 0) is 30.2 Å². The fourth-order valence-electron chi connectivity index (χ4n) is 2.71. The minimum absolute atomic E-state index is 0.231. The minimum atomic E-state index is -0.231. The van der Waals surface area contributed by atoms with Crippen LogP contribution in [0.5, 0.6) is 0 Å². The molecule has 3 rings (SSSR count). The number of epoxide rings is 1. The van der Waals surface area contributed by atoms with Crippen molar-refractivity contribution < 1.29 is 18.8 Å². The Hall–Kier alpha value is -2.66. The van der Waals surface area contributed by atoms with E-state index in [0.717, 1.165) is 36.5 Å². The van der Waals surface area contributed by atoms with Gasteiger partial charge in [0.05, 0.1) is 13.7 Å². The molecule has 1 aromatic heterocycles. The maximum atomic E-state index is 11.5. The van der Waals surface area contributed by atoms with Crippen LogP contribution in [0.15, 0.2) is 48.8 Å². The van der Waals surface area contributed by atoms with E-state index in [1.165, 1.54) is 7.11 Å². The molecule has 1 unspecified atom stereocenters. The molecule has 136 valence electrons. The largest absolute Gasteiger partial charge is 0.468 e. The molecule has 5 nitrogen and oxygen atoms in total. The summed E-state index contributed by atoms with van der Waals surface area (Å²) in [5.41, 5.74) is 3.28. The molecule has 2 heterocycles. The van der Waals surface area contributed by atoms with Crippen molar-refractivity contribution in [3.63, 3.8) is 0 Å². The average molecular weight is 353 g/mol. The molecule has 5 heteroatoms. The summed E-state index contributed by atoms with van der Waals surface area (Å²) in [6, 6.07) is 12.4. The third-order valence-electron chi connectivity index (χ3n) is 4.39. The molecule has 1 atom stereocenters. The molecule has 0 spiro atoms. The molecule has 1 saturated heterocycles. The van der Waals surface area contributed by atoms with Crippen LogP contribution in [0.3, 0.4) is 0 Å². The molecule has 2 aromatic rings. The van der Waals surface area contributed by atoms with E-state index >= 15 is 0 Å². The topological polar surface area (TPSA) is 46.0 Å². The van der Waals surface area contributed by atoms with E-state index in [0.29, 0.717) is 6.10 Å². The summed E-state index contributed by atoms with van der Waals surface area (Å²) in [6.07, 6.45) is 8.73. The van der Waals surface area contributed by atoms with Gasteiger partial charge in [-0.3, -0.25) is 4.79 Å². The van der Waals surface area contributed by atoms with E-state index in [1.807, 2.05) is 24.0 Å². The number of ether oxygens (including phenoxy) is 2. The first-order valence-corrected chi connectivity index (χ1v) is 8.88. The standard InChI is InChI=1S/C21H25N2O3/c1-3-23(15-21(24)25-2)19-8-6-17(7-9-19)4-5-18-10-12-22(13-11-18)14-20-16-26-20/h4-13,20H,3,14-16H2,1-2H3/q+1. The number of hydrogen-bond donors (Lipinski definition) is 0. The number of anilines is 1. The Balaban J connectivity index is 1.60. The van der Waals surface area contributed by atoms with Crippen molar-refractivity contribution in [1.82, 2.24) is 0 Å². The van der Waals surface area contributed by atoms with Crippen molar-refractivity contribution in [2.24, 2.45) is 0 Å². The van der Waals surface area contributed by atoms with Gasteiger partial charge in [0.25, 0.3) is 0 Å². The molecular weight excluding hydrogens is 328 g/mol. The second-order valence-corrected chi connectivity index (χ2v) is 6.30. The number of hydrogen-bond acceptors (Lipinski definition) is 4. The van der Waals surface area contributed by atoms with Crippen LogP contribution in [0.25, 0.3) is 12.2 Å². The fourth-order valence-corrected chi connectivity index (χ4v) is 2.71. The second kappa shape index (κ2) is 8.63. The number of methoxy groups -OCH3 is 1. The SMILES string of the molecule is CCN(CC(=O)OC)c1ccc(/C=C/c2cc[n+](CC3CO3)cc2)cc1. The van der Waals surface area contributed by atoms with E-state index in [2.05, 4.69) is 53.4 Å². The van der Waals surface area contributed by atoms with Crippen LogP contribution in [0.1, 0.15) is 18.1 Å². The van der Waals surface area contributed by atoms with E-state index in [9.17, 15) is 4.79 Å². The molecule has 1 aliphatic rings. The molecule has 0 N–H and O–H groups in total. The van der Waals surface area contributed by atoms with Crippen molar-refractivity contribution in [3.05, 3.63) is 59.9 Å². The first-order chi connectivity index (χ1) is 12.7. The Morgan fingerprint density at radius 3 is 2.35 bits per heavy atom. The average Bonchev–Trinajstić information content (AvgIpc) is 3.50. The van der Waals surface area contributed by atoms with Gasteiger partial charge in [0.1, 0.15) is 12.6 Å². The van der Waals surface area contributed by atoms with Gasteiger partial charge in [0, 0.05) is 24.4 Å². The zero-order chi connectivity index (χ0) is 18.4. The summed E-state index contributed by atoms with van der Waals surface area (Å²) < 4.78 is 12.1. The molecule has 26 heavy (non-hydrogen) atoms. The Kier molecular flexibility index (Phi) is 6.02. The number of nitrogens with zero attached hydrogens (tertiary/aromatic N) is 2. The van der Waals surface area contributed by atoms with Crippen molar-refractivity contribution in [2.45, 2.75) is 19.6 Å². The normalized spacial score (nSPS) is 15.8. The third-order valence-corrected chi connectivity index (χ3v) is 4.39. The van der Waals surface area contributed by atoms with Gasteiger partial charge >= 0.3 is 5.97 Å². The highest BCUT2D eigenvalue weighted by Crippen LogP contribution is 2.17. The molecule has 1 aliphatic heterocycles. The van der Waals surface area contributed by atoms with Crippen molar-refractivity contribution in [3.8, 4) is 0 Å². The Morgan fingerprint density at radius 2 is 1.81 bits per heavy atom. The fraction of sp³-hybridized carbons (Fsp3) is 0.333. The maximum Gasteiger partial charge on any atom is 0.325 e. The predicted molar refractivity (Wildman–Crippen MR) is 102 cm³/mol. The number of likely N-dealkylation sites (N-methyl/N-ethyl adjacent to an activating group) is 1. The number of esters is 1. The van der Waals surface area contributed by atoms with Gasteiger partial charge in [-0.2, -0.15) is 0 Å². The molecule has 0 bridgehead atoms. The lowest BCUT2D eigenvalue weighted by Gasteiger charge is -2.21. The quantitative estimate of drug-likeness (QED) is 0.416. The molecular formula is C21H25N2O3+. The molecule has 0 amide bonds. The van der Waals surface area contributed by atoms with E-state index < -0.39 is 0 Å².